The quantitative estimate of drug-likeness (QED) is 0.833. The summed E-state index contributed by atoms with van der Waals surface area (Å²) in [5.74, 6) is -3.05. The van der Waals surface area contributed by atoms with E-state index < -0.39 is 23.9 Å². The lowest BCUT2D eigenvalue weighted by Gasteiger charge is -2.32. The molecule has 1 heterocycles. The highest BCUT2D eigenvalue weighted by atomic mass is 19.4. The molecule has 1 aliphatic carbocycles. The van der Waals surface area contributed by atoms with Gasteiger partial charge in [0.25, 0.3) is 0 Å². The predicted molar refractivity (Wildman–Crippen MR) is 95.8 cm³/mol. The lowest BCUT2D eigenvalue weighted by atomic mass is 9.78. The van der Waals surface area contributed by atoms with Gasteiger partial charge >= 0.3 is 6.18 Å². The number of carbonyl (C=O) groups is 2. The molecule has 2 aliphatic rings. The molecule has 27 heavy (non-hydrogen) atoms. The summed E-state index contributed by atoms with van der Waals surface area (Å²) < 4.78 is 39.7. The zero-order valence-corrected chi connectivity index (χ0v) is 15.2. The Morgan fingerprint density at radius 2 is 1.93 bits per heavy atom. The van der Waals surface area contributed by atoms with E-state index in [9.17, 15) is 22.8 Å². The molecule has 1 aromatic carbocycles. The van der Waals surface area contributed by atoms with Gasteiger partial charge in [-0.25, -0.2) is 0 Å². The van der Waals surface area contributed by atoms with Crippen LogP contribution in [0.1, 0.15) is 50.5 Å². The van der Waals surface area contributed by atoms with Gasteiger partial charge in [0.2, 0.25) is 11.8 Å². The van der Waals surface area contributed by atoms with E-state index in [1.54, 1.807) is 23.1 Å². The van der Waals surface area contributed by atoms with E-state index in [0.717, 1.165) is 18.4 Å². The molecule has 1 aliphatic heterocycles. The molecule has 0 aromatic heterocycles. The molecule has 0 spiro atoms. The Morgan fingerprint density at radius 3 is 2.67 bits per heavy atom. The summed E-state index contributed by atoms with van der Waals surface area (Å²) in [4.78, 5) is 26.2. The van der Waals surface area contributed by atoms with Crippen molar-refractivity contribution in [3.05, 3.63) is 29.8 Å². The van der Waals surface area contributed by atoms with Gasteiger partial charge in [-0.1, -0.05) is 25.0 Å². The molecule has 0 radical (unpaired) electrons. The van der Waals surface area contributed by atoms with Crippen LogP contribution < -0.4 is 5.32 Å². The second-order valence-electron chi connectivity index (χ2n) is 7.50. The summed E-state index contributed by atoms with van der Waals surface area (Å²) in [6.45, 7) is 1.17. The second-order valence-corrected chi connectivity index (χ2v) is 7.50. The number of nitrogens with zero attached hydrogens (tertiary/aromatic N) is 1. The second kappa shape index (κ2) is 8.31. The van der Waals surface area contributed by atoms with Crippen molar-refractivity contribution in [2.24, 2.45) is 11.8 Å². The Kier molecular flexibility index (Phi) is 6.07. The first-order valence-electron chi connectivity index (χ1n) is 9.59. The molecule has 7 heteroatoms. The minimum absolute atomic E-state index is 0.0126. The molecule has 148 valence electrons. The topological polar surface area (TPSA) is 49.4 Å². The number of halogens is 3. The van der Waals surface area contributed by atoms with E-state index in [1.807, 2.05) is 6.07 Å². The maximum atomic E-state index is 13.2. The van der Waals surface area contributed by atoms with Crippen molar-refractivity contribution in [2.45, 2.75) is 57.7 Å². The highest BCUT2D eigenvalue weighted by Crippen LogP contribution is 2.41. The van der Waals surface area contributed by atoms with Crippen LogP contribution in [0, 0.1) is 11.8 Å². The monoisotopic (exact) mass is 382 g/mol. The third-order valence-corrected chi connectivity index (χ3v) is 5.51. The largest absolute Gasteiger partial charge is 0.392 e. The molecule has 1 N–H and O–H groups in total. The number of anilines is 1. The fraction of sp³-hybridized carbons (Fsp3) is 0.600. The van der Waals surface area contributed by atoms with Gasteiger partial charge in [0.1, 0.15) is 0 Å². The summed E-state index contributed by atoms with van der Waals surface area (Å²) in [7, 11) is 0. The molecule has 1 saturated heterocycles. The number of carbonyl (C=O) groups excluding carboxylic acids is 2. The van der Waals surface area contributed by atoms with Gasteiger partial charge in [0.15, 0.2) is 0 Å². The Labute approximate surface area is 157 Å². The van der Waals surface area contributed by atoms with Crippen LogP contribution in [0.4, 0.5) is 18.9 Å². The van der Waals surface area contributed by atoms with Gasteiger partial charge in [-0.2, -0.15) is 13.2 Å². The standard InChI is InChI=1S/C20H25F3N2O2/c21-20(22,23)17-9-2-1-8-16(17)19(27)24-15-7-5-6-14(12-15)13-25-11-4-3-10-18(25)26/h5-7,12,16-17H,1-4,8-11,13H2,(H,24,27). The van der Waals surface area contributed by atoms with E-state index in [4.69, 9.17) is 0 Å². The molecule has 4 nitrogen and oxygen atoms in total. The number of benzene rings is 1. The number of alkyl halides is 3. The molecule has 2 amide bonds. The third kappa shape index (κ3) is 5.02. The van der Waals surface area contributed by atoms with Crippen LogP contribution in [0.2, 0.25) is 0 Å². The molecule has 1 saturated carbocycles. The highest BCUT2D eigenvalue weighted by molar-refractivity contribution is 5.93. The van der Waals surface area contributed by atoms with E-state index in [1.165, 1.54) is 0 Å². The van der Waals surface area contributed by atoms with Crippen LogP contribution in [0.3, 0.4) is 0 Å². The number of hydrogen-bond acceptors (Lipinski definition) is 2. The number of nitrogens with one attached hydrogen (secondary N) is 1. The number of amides is 2. The van der Waals surface area contributed by atoms with E-state index in [-0.39, 0.29) is 18.7 Å². The Hall–Kier alpha value is -2.05. The maximum Gasteiger partial charge on any atom is 0.392 e. The van der Waals surface area contributed by atoms with Crippen molar-refractivity contribution in [1.29, 1.82) is 0 Å². The number of rotatable bonds is 4. The minimum Gasteiger partial charge on any atom is -0.338 e. The first-order valence-corrected chi connectivity index (χ1v) is 9.59. The van der Waals surface area contributed by atoms with Crippen LogP contribution in [0.5, 0.6) is 0 Å². The highest BCUT2D eigenvalue weighted by Gasteiger charge is 2.48. The van der Waals surface area contributed by atoms with Crippen LogP contribution >= 0.6 is 0 Å². The van der Waals surface area contributed by atoms with Crippen LogP contribution in [0.25, 0.3) is 0 Å². The predicted octanol–water partition coefficient (Wildman–Crippen LogP) is 4.51. The van der Waals surface area contributed by atoms with Crippen LogP contribution in [0.15, 0.2) is 24.3 Å². The molecule has 1 aromatic rings. The zero-order valence-electron chi connectivity index (χ0n) is 15.2. The van der Waals surface area contributed by atoms with Crippen LogP contribution in [-0.2, 0) is 16.1 Å². The first-order chi connectivity index (χ1) is 12.8. The Morgan fingerprint density at radius 1 is 1.15 bits per heavy atom. The van der Waals surface area contributed by atoms with Crippen molar-refractivity contribution in [3.63, 3.8) is 0 Å². The summed E-state index contributed by atoms with van der Waals surface area (Å²) in [5.41, 5.74) is 1.34. The number of hydrogen-bond donors (Lipinski definition) is 1. The molecule has 3 rings (SSSR count). The normalized spacial score (nSPS) is 24.0. The zero-order chi connectivity index (χ0) is 19.4. The summed E-state index contributed by atoms with van der Waals surface area (Å²) in [6, 6.07) is 7.02. The minimum atomic E-state index is -4.35. The van der Waals surface area contributed by atoms with Gasteiger partial charge in [0.05, 0.1) is 5.92 Å². The lowest BCUT2D eigenvalue weighted by Crippen LogP contribution is -2.39. The molecule has 0 bridgehead atoms. The van der Waals surface area contributed by atoms with Crippen molar-refractivity contribution in [2.75, 3.05) is 11.9 Å². The third-order valence-electron chi connectivity index (χ3n) is 5.51. The van der Waals surface area contributed by atoms with Gasteiger partial charge < -0.3 is 10.2 Å². The fourth-order valence-corrected chi connectivity index (χ4v) is 4.07. The van der Waals surface area contributed by atoms with E-state index >= 15 is 0 Å². The SMILES string of the molecule is O=C(Nc1cccc(CN2CCCCC2=O)c1)C1CCCCC1C(F)(F)F. The van der Waals surface area contributed by atoms with E-state index in [0.29, 0.717) is 38.0 Å². The molecule has 2 unspecified atom stereocenters. The van der Waals surface area contributed by atoms with Gasteiger partial charge in [0, 0.05) is 31.1 Å². The summed E-state index contributed by atoms with van der Waals surface area (Å²) >= 11 is 0. The maximum absolute atomic E-state index is 13.2. The van der Waals surface area contributed by atoms with Crippen LogP contribution in [-0.4, -0.2) is 29.4 Å². The summed E-state index contributed by atoms with van der Waals surface area (Å²) in [6.07, 6.45) is -0.489. The van der Waals surface area contributed by atoms with Crippen molar-refractivity contribution < 1.29 is 22.8 Å². The van der Waals surface area contributed by atoms with Crippen molar-refractivity contribution >= 4 is 17.5 Å². The number of likely N-dealkylation sites (tertiary alicyclic amines) is 1. The van der Waals surface area contributed by atoms with Gasteiger partial charge in [-0.05, 0) is 43.4 Å². The average Bonchev–Trinajstić information content (AvgIpc) is 2.63. The van der Waals surface area contributed by atoms with Crippen molar-refractivity contribution in [1.82, 2.24) is 4.90 Å². The van der Waals surface area contributed by atoms with E-state index in [2.05, 4.69) is 5.32 Å². The molecule has 2 atom stereocenters. The fourth-order valence-electron chi connectivity index (χ4n) is 4.07. The van der Waals surface area contributed by atoms with Crippen molar-refractivity contribution in [3.8, 4) is 0 Å². The lowest BCUT2D eigenvalue weighted by molar-refractivity contribution is -0.197. The molecular formula is C20H25F3N2O2. The first kappa shape index (κ1) is 19.7. The summed E-state index contributed by atoms with van der Waals surface area (Å²) in [5, 5.41) is 2.66. The smallest absolute Gasteiger partial charge is 0.338 e. The number of piperidine rings is 1. The Balaban J connectivity index is 1.66. The average molecular weight is 382 g/mol. The van der Waals surface area contributed by atoms with Gasteiger partial charge in [-0.3, -0.25) is 9.59 Å². The van der Waals surface area contributed by atoms with Gasteiger partial charge in [-0.15, -0.1) is 0 Å². The Bertz CT molecular complexity index is 690. The molecule has 2 fully saturated rings. The molecular weight excluding hydrogens is 357 g/mol.